The first kappa shape index (κ1) is 12.7. The van der Waals surface area contributed by atoms with Gasteiger partial charge in [0, 0.05) is 0 Å². The molecule has 0 aromatic heterocycles. The van der Waals surface area contributed by atoms with E-state index in [1.807, 2.05) is 12.1 Å². The summed E-state index contributed by atoms with van der Waals surface area (Å²) in [7, 11) is 1.58. The minimum atomic E-state index is 0.0774. The third-order valence-corrected chi connectivity index (χ3v) is 2.40. The van der Waals surface area contributed by atoms with Gasteiger partial charge >= 0.3 is 0 Å². The molecule has 0 saturated heterocycles. The molecule has 0 unspecified atom stereocenters. The molecule has 3 nitrogen and oxygen atoms in total. The largest absolute Gasteiger partial charge is 0.496 e. The third-order valence-electron chi connectivity index (χ3n) is 2.40. The van der Waals surface area contributed by atoms with Crippen molar-refractivity contribution in [2.75, 3.05) is 20.2 Å². The summed E-state index contributed by atoms with van der Waals surface area (Å²) in [5.41, 5.74) is 0.647. The van der Waals surface area contributed by atoms with Crippen molar-refractivity contribution in [3.05, 3.63) is 29.8 Å². The number of Topliss-reactive ketones (excluding diaryl/α,β-unsaturated/α-hetero) is 1. The molecular formula is C13H19NO2. The Morgan fingerprint density at radius 1 is 1.38 bits per heavy atom. The molecular weight excluding hydrogens is 202 g/mol. The smallest absolute Gasteiger partial charge is 0.180 e. The van der Waals surface area contributed by atoms with Gasteiger partial charge in [0.05, 0.1) is 19.2 Å². The summed E-state index contributed by atoms with van der Waals surface area (Å²) >= 11 is 0. The van der Waals surface area contributed by atoms with Crippen LogP contribution in [0.2, 0.25) is 0 Å². The summed E-state index contributed by atoms with van der Waals surface area (Å²) in [6.45, 7) is 3.39. The standard InChI is InChI=1S/C13H19NO2/c1-3-4-9-14-10-12(15)11-7-5-6-8-13(11)16-2/h5-8,14H,3-4,9-10H2,1-2H3. The Hall–Kier alpha value is -1.35. The second-order valence-electron chi connectivity index (χ2n) is 3.65. The summed E-state index contributed by atoms with van der Waals surface area (Å²) in [4.78, 5) is 11.8. The number of carbonyl (C=O) groups is 1. The van der Waals surface area contributed by atoms with E-state index in [0.29, 0.717) is 17.9 Å². The van der Waals surface area contributed by atoms with Crippen LogP contribution in [0.4, 0.5) is 0 Å². The molecule has 3 heteroatoms. The lowest BCUT2D eigenvalue weighted by Gasteiger charge is -2.07. The number of carbonyl (C=O) groups excluding carboxylic acids is 1. The zero-order chi connectivity index (χ0) is 11.8. The monoisotopic (exact) mass is 221 g/mol. The fourth-order valence-electron chi connectivity index (χ4n) is 1.47. The Bertz CT molecular complexity index is 336. The number of nitrogens with one attached hydrogen (secondary N) is 1. The van der Waals surface area contributed by atoms with E-state index in [1.54, 1.807) is 19.2 Å². The molecule has 0 aliphatic heterocycles. The van der Waals surface area contributed by atoms with Gasteiger partial charge in [-0.05, 0) is 25.1 Å². The molecule has 1 aromatic carbocycles. The zero-order valence-electron chi connectivity index (χ0n) is 9.95. The van der Waals surface area contributed by atoms with Crippen molar-refractivity contribution in [3.8, 4) is 5.75 Å². The molecule has 0 aliphatic rings. The number of hydrogen-bond acceptors (Lipinski definition) is 3. The first-order valence-corrected chi connectivity index (χ1v) is 5.66. The predicted molar refractivity (Wildman–Crippen MR) is 65.1 cm³/mol. The van der Waals surface area contributed by atoms with Crippen LogP contribution in [0.15, 0.2) is 24.3 Å². The Labute approximate surface area is 96.8 Å². The maximum Gasteiger partial charge on any atom is 0.180 e. The van der Waals surface area contributed by atoms with Crippen LogP contribution in [0.25, 0.3) is 0 Å². The van der Waals surface area contributed by atoms with Crippen molar-refractivity contribution in [2.45, 2.75) is 19.8 Å². The minimum Gasteiger partial charge on any atom is -0.496 e. The van der Waals surface area contributed by atoms with Crippen molar-refractivity contribution < 1.29 is 9.53 Å². The molecule has 0 bridgehead atoms. The molecule has 0 fully saturated rings. The molecule has 0 amide bonds. The van der Waals surface area contributed by atoms with Gasteiger partial charge in [-0.3, -0.25) is 4.79 Å². The number of unbranched alkanes of at least 4 members (excludes halogenated alkanes) is 1. The molecule has 88 valence electrons. The lowest BCUT2D eigenvalue weighted by atomic mass is 10.1. The highest BCUT2D eigenvalue weighted by molar-refractivity contribution is 6.00. The highest BCUT2D eigenvalue weighted by Gasteiger charge is 2.10. The first-order chi connectivity index (χ1) is 7.79. The van der Waals surface area contributed by atoms with E-state index >= 15 is 0 Å². The van der Waals surface area contributed by atoms with E-state index < -0.39 is 0 Å². The van der Waals surface area contributed by atoms with Crippen LogP contribution in [0.1, 0.15) is 30.1 Å². The Morgan fingerprint density at radius 3 is 2.81 bits per heavy atom. The molecule has 0 radical (unpaired) electrons. The lowest BCUT2D eigenvalue weighted by Crippen LogP contribution is -2.24. The van der Waals surface area contributed by atoms with Crippen molar-refractivity contribution >= 4 is 5.78 Å². The van der Waals surface area contributed by atoms with E-state index in [0.717, 1.165) is 19.4 Å². The van der Waals surface area contributed by atoms with E-state index in [-0.39, 0.29) is 5.78 Å². The van der Waals surface area contributed by atoms with Crippen LogP contribution in [-0.4, -0.2) is 26.0 Å². The molecule has 1 rings (SSSR count). The quantitative estimate of drug-likeness (QED) is 0.567. The van der Waals surface area contributed by atoms with Gasteiger partial charge in [0.2, 0.25) is 0 Å². The van der Waals surface area contributed by atoms with E-state index in [1.165, 1.54) is 0 Å². The fourth-order valence-corrected chi connectivity index (χ4v) is 1.47. The van der Waals surface area contributed by atoms with Gasteiger partial charge in [0.1, 0.15) is 5.75 Å². The SMILES string of the molecule is CCCCNCC(=O)c1ccccc1OC. The summed E-state index contributed by atoms with van der Waals surface area (Å²) in [5, 5.41) is 3.13. The summed E-state index contributed by atoms with van der Waals surface area (Å²) < 4.78 is 5.15. The topological polar surface area (TPSA) is 38.3 Å². The molecule has 0 heterocycles. The Kier molecular flexibility index (Phi) is 5.57. The summed E-state index contributed by atoms with van der Waals surface area (Å²) in [5.74, 6) is 0.721. The van der Waals surface area contributed by atoms with E-state index in [9.17, 15) is 4.79 Å². The summed E-state index contributed by atoms with van der Waals surface area (Å²) in [6, 6.07) is 7.31. The average molecular weight is 221 g/mol. The second-order valence-corrected chi connectivity index (χ2v) is 3.65. The van der Waals surface area contributed by atoms with Crippen molar-refractivity contribution in [1.29, 1.82) is 0 Å². The van der Waals surface area contributed by atoms with Crippen LogP contribution in [0.3, 0.4) is 0 Å². The van der Waals surface area contributed by atoms with Gasteiger partial charge in [-0.1, -0.05) is 25.5 Å². The number of methoxy groups -OCH3 is 1. The zero-order valence-corrected chi connectivity index (χ0v) is 9.95. The molecule has 1 aromatic rings. The van der Waals surface area contributed by atoms with Crippen molar-refractivity contribution in [3.63, 3.8) is 0 Å². The molecule has 0 saturated carbocycles. The second kappa shape index (κ2) is 7.01. The number of rotatable bonds is 7. The number of hydrogen-bond donors (Lipinski definition) is 1. The van der Waals surface area contributed by atoms with Crippen molar-refractivity contribution in [2.24, 2.45) is 0 Å². The molecule has 0 aliphatic carbocycles. The first-order valence-electron chi connectivity index (χ1n) is 5.66. The number of benzene rings is 1. The van der Waals surface area contributed by atoms with Crippen molar-refractivity contribution in [1.82, 2.24) is 5.32 Å². The molecule has 1 N–H and O–H groups in total. The lowest BCUT2D eigenvalue weighted by molar-refractivity contribution is 0.0988. The van der Waals surface area contributed by atoms with Gasteiger partial charge in [0.25, 0.3) is 0 Å². The van der Waals surface area contributed by atoms with Crippen LogP contribution in [0.5, 0.6) is 5.75 Å². The van der Waals surface area contributed by atoms with Crippen LogP contribution in [-0.2, 0) is 0 Å². The highest BCUT2D eigenvalue weighted by Crippen LogP contribution is 2.17. The maximum atomic E-state index is 11.8. The highest BCUT2D eigenvalue weighted by atomic mass is 16.5. The predicted octanol–water partition coefficient (Wildman–Crippen LogP) is 2.27. The Balaban J connectivity index is 2.52. The normalized spacial score (nSPS) is 10.1. The minimum absolute atomic E-state index is 0.0774. The number of para-hydroxylation sites is 1. The van der Waals surface area contributed by atoms with E-state index in [2.05, 4.69) is 12.2 Å². The van der Waals surface area contributed by atoms with Gasteiger partial charge in [-0.25, -0.2) is 0 Å². The van der Waals surface area contributed by atoms with Crippen LogP contribution in [0, 0.1) is 0 Å². The van der Waals surface area contributed by atoms with Gasteiger partial charge < -0.3 is 10.1 Å². The molecule has 16 heavy (non-hydrogen) atoms. The summed E-state index contributed by atoms with van der Waals surface area (Å²) in [6.07, 6.45) is 2.23. The van der Waals surface area contributed by atoms with Gasteiger partial charge in [-0.15, -0.1) is 0 Å². The third kappa shape index (κ3) is 3.66. The van der Waals surface area contributed by atoms with Crippen LogP contribution < -0.4 is 10.1 Å². The maximum absolute atomic E-state index is 11.8. The van der Waals surface area contributed by atoms with Gasteiger partial charge in [-0.2, -0.15) is 0 Å². The molecule has 0 atom stereocenters. The van der Waals surface area contributed by atoms with Crippen LogP contribution >= 0.6 is 0 Å². The number of ether oxygens (including phenoxy) is 1. The number of ketones is 1. The Morgan fingerprint density at radius 2 is 2.12 bits per heavy atom. The fraction of sp³-hybridized carbons (Fsp3) is 0.462. The molecule has 0 spiro atoms. The average Bonchev–Trinajstić information content (AvgIpc) is 2.34. The van der Waals surface area contributed by atoms with Gasteiger partial charge in [0.15, 0.2) is 5.78 Å². The van der Waals surface area contributed by atoms with E-state index in [4.69, 9.17) is 4.74 Å².